The monoisotopic (exact) mass is 266 g/mol. The van der Waals surface area contributed by atoms with Gasteiger partial charge in [-0.15, -0.1) is 0 Å². The molecule has 1 aromatic carbocycles. The number of nitrogens with one attached hydrogen (secondary N) is 1. The van der Waals surface area contributed by atoms with Crippen LogP contribution in [0.3, 0.4) is 0 Å². The van der Waals surface area contributed by atoms with Crippen molar-refractivity contribution in [1.29, 1.82) is 0 Å². The van der Waals surface area contributed by atoms with Crippen molar-refractivity contribution in [2.75, 3.05) is 19.5 Å². The van der Waals surface area contributed by atoms with Gasteiger partial charge in [0.1, 0.15) is 0 Å². The molecule has 106 valence electrons. The molecule has 1 amide bonds. The second kappa shape index (κ2) is 6.31. The van der Waals surface area contributed by atoms with Crippen LogP contribution in [0, 0.1) is 0 Å². The number of anilines is 1. The van der Waals surface area contributed by atoms with E-state index in [4.69, 9.17) is 15.2 Å². The summed E-state index contributed by atoms with van der Waals surface area (Å²) in [6.45, 7) is 5.88. The van der Waals surface area contributed by atoms with E-state index in [9.17, 15) is 4.79 Å². The van der Waals surface area contributed by atoms with E-state index < -0.39 is 0 Å². The Morgan fingerprint density at radius 2 is 2.05 bits per heavy atom. The number of rotatable bonds is 6. The normalized spacial score (nSPS) is 10.9. The fourth-order valence-corrected chi connectivity index (χ4v) is 1.45. The average molecular weight is 266 g/mol. The lowest BCUT2D eigenvalue weighted by Gasteiger charge is -2.24. The average Bonchev–Trinajstić information content (AvgIpc) is 2.36. The molecule has 0 saturated heterocycles. The van der Waals surface area contributed by atoms with Crippen LogP contribution in [0.4, 0.5) is 5.69 Å². The van der Waals surface area contributed by atoms with Crippen molar-refractivity contribution < 1.29 is 14.3 Å². The van der Waals surface area contributed by atoms with Gasteiger partial charge in [0.25, 0.3) is 5.91 Å². The zero-order valence-corrected chi connectivity index (χ0v) is 11.9. The second-order valence-corrected chi connectivity index (χ2v) is 4.98. The van der Waals surface area contributed by atoms with Crippen LogP contribution in [-0.4, -0.2) is 25.2 Å². The quantitative estimate of drug-likeness (QED) is 0.772. The van der Waals surface area contributed by atoms with Gasteiger partial charge in [0, 0.05) is 17.3 Å². The molecule has 3 N–H and O–H groups in total. The molecule has 19 heavy (non-hydrogen) atoms. The Kier molecular flexibility index (Phi) is 5.03. The molecule has 0 heterocycles. The summed E-state index contributed by atoms with van der Waals surface area (Å²) < 4.78 is 10.6. The Bertz CT molecular complexity index is 444. The molecule has 0 bridgehead atoms. The molecule has 1 aromatic rings. The number of amides is 1. The van der Waals surface area contributed by atoms with Crippen LogP contribution in [-0.2, 0) is 4.79 Å². The van der Waals surface area contributed by atoms with Gasteiger partial charge >= 0.3 is 0 Å². The Hall–Kier alpha value is -1.91. The van der Waals surface area contributed by atoms with Crippen LogP contribution in [0.25, 0.3) is 0 Å². The lowest BCUT2D eigenvalue weighted by atomic mass is 10.0. The van der Waals surface area contributed by atoms with Crippen molar-refractivity contribution in [1.82, 2.24) is 5.32 Å². The number of carbonyl (C=O) groups is 1. The molecule has 0 spiro atoms. The summed E-state index contributed by atoms with van der Waals surface area (Å²) in [7, 11) is 1.54. The van der Waals surface area contributed by atoms with E-state index in [1.165, 1.54) is 0 Å². The Morgan fingerprint density at radius 1 is 1.37 bits per heavy atom. The summed E-state index contributed by atoms with van der Waals surface area (Å²) >= 11 is 0. The van der Waals surface area contributed by atoms with Gasteiger partial charge in [-0.3, -0.25) is 4.79 Å². The van der Waals surface area contributed by atoms with Crippen molar-refractivity contribution >= 4 is 11.6 Å². The topological polar surface area (TPSA) is 73.6 Å². The predicted molar refractivity (Wildman–Crippen MR) is 75.4 cm³/mol. The van der Waals surface area contributed by atoms with E-state index >= 15 is 0 Å². The summed E-state index contributed by atoms with van der Waals surface area (Å²) in [5.74, 6) is 0.847. The number of hydrogen-bond donors (Lipinski definition) is 2. The van der Waals surface area contributed by atoms with Gasteiger partial charge in [-0.05, 0) is 32.4 Å². The highest BCUT2D eigenvalue weighted by atomic mass is 16.5. The van der Waals surface area contributed by atoms with E-state index in [-0.39, 0.29) is 18.1 Å². The van der Waals surface area contributed by atoms with Crippen LogP contribution in [0.5, 0.6) is 11.5 Å². The summed E-state index contributed by atoms with van der Waals surface area (Å²) in [4.78, 5) is 11.8. The maximum Gasteiger partial charge on any atom is 0.258 e. The summed E-state index contributed by atoms with van der Waals surface area (Å²) in [6, 6.07) is 5.06. The third-order valence-corrected chi connectivity index (χ3v) is 2.91. The lowest BCUT2D eigenvalue weighted by Crippen LogP contribution is -2.44. The third-order valence-electron chi connectivity index (χ3n) is 2.91. The smallest absolute Gasteiger partial charge is 0.258 e. The molecule has 0 unspecified atom stereocenters. The van der Waals surface area contributed by atoms with Crippen molar-refractivity contribution in [3.8, 4) is 11.5 Å². The van der Waals surface area contributed by atoms with Gasteiger partial charge in [0.2, 0.25) is 0 Å². The SMILES string of the molecule is CCC(C)(C)NC(=O)COc1cc(N)ccc1OC. The first-order valence-electron chi connectivity index (χ1n) is 6.25. The molecule has 5 heteroatoms. The van der Waals surface area contributed by atoms with Gasteiger partial charge in [-0.1, -0.05) is 6.92 Å². The number of carbonyl (C=O) groups excluding carboxylic acids is 1. The first kappa shape index (κ1) is 15.1. The van der Waals surface area contributed by atoms with Gasteiger partial charge in [0.05, 0.1) is 7.11 Å². The zero-order chi connectivity index (χ0) is 14.5. The fourth-order valence-electron chi connectivity index (χ4n) is 1.45. The van der Waals surface area contributed by atoms with Crippen LogP contribution in [0.15, 0.2) is 18.2 Å². The maximum atomic E-state index is 11.8. The van der Waals surface area contributed by atoms with Crippen LogP contribution < -0.4 is 20.5 Å². The zero-order valence-electron chi connectivity index (χ0n) is 11.9. The highest BCUT2D eigenvalue weighted by Gasteiger charge is 2.18. The molecule has 5 nitrogen and oxygen atoms in total. The van der Waals surface area contributed by atoms with Crippen molar-refractivity contribution in [3.05, 3.63) is 18.2 Å². The van der Waals surface area contributed by atoms with E-state index in [0.717, 1.165) is 6.42 Å². The second-order valence-electron chi connectivity index (χ2n) is 4.98. The summed E-state index contributed by atoms with van der Waals surface area (Å²) in [5.41, 5.74) is 6.00. The minimum atomic E-state index is -0.236. The van der Waals surface area contributed by atoms with Crippen LogP contribution >= 0.6 is 0 Å². The van der Waals surface area contributed by atoms with Gasteiger partial charge < -0.3 is 20.5 Å². The Balaban J connectivity index is 2.62. The first-order valence-corrected chi connectivity index (χ1v) is 6.25. The Morgan fingerprint density at radius 3 is 2.63 bits per heavy atom. The largest absolute Gasteiger partial charge is 0.493 e. The van der Waals surface area contributed by atoms with E-state index in [1.807, 2.05) is 20.8 Å². The van der Waals surface area contributed by atoms with Gasteiger partial charge in [0.15, 0.2) is 18.1 Å². The van der Waals surface area contributed by atoms with E-state index in [1.54, 1.807) is 25.3 Å². The van der Waals surface area contributed by atoms with Crippen molar-refractivity contribution in [3.63, 3.8) is 0 Å². The molecule has 0 saturated carbocycles. The fraction of sp³-hybridized carbons (Fsp3) is 0.500. The highest BCUT2D eigenvalue weighted by molar-refractivity contribution is 5.78. The van der Waals surface area contributed by atoms with Crippen molar-refractivity contribution in [2.45, 2.75) is 32.7 Å². The first-order chi connectivity index (χ1) is 8.88. The minimum absolute atomic E-state index is 0.0662. The lowest BCUT2D eigenvalue weighted by molar-refractivity contribution is -0.124. The molecule has 0 aliphatic rings. The maximum absolute atomic E-state index is 11.8. The molecule has 0 aliphatic heterocycles. The molecule has 0 radical (unpaired) electrons. The molecule has 0 fully saturated rings. The standard InChI is InChI=1S/C14H22N2O3/c1-5-14(2,3)16-13(17)9-19-12-8-10(15)6-7-11(12)18-4/h6-8H,5,9,15H2,1-4H3,(H,16,17). The number of nitrogens with two attached hydrogens (primary N) is 1. The number of benzene rings is 1. The van der Waals surface area contributed by atoms with E-state index in [2.05, 4.69) is 5.32 Å². The number of ether oxygens (including phenoxy) is 2. The van der Waals surface area contributed by atoms with E-state index in [0.29, 0.717) is 17.2 Å². The molecule has 0 aromatic heterocycles. The minimum Gasteiger partial charge on any atom is -0.493 e. The van der Waals surface area contributed by atoms with Gasteiger partial charge in [-0.2, -0.15) is 0 Å². The summed E-state index contributed by atoms with van der Waals surface area (Å²) in [5, 5.41) is 2.89. The van der Waals surface area contributed by atoms with Gasteiger partial charge in [-0.25, -0.2) is 0 Å². The summed E-state index contributed by atoms with van der Waals surface area (Å²) in [6.07, 6.45) is 0.848. The molecular formula is C14H22N2O3. The number of nitrogen functional groups attached to an aromatic ring is 1. The molecule has 1 rings (SSSR count). The molecule has 0 atom stereocenters. The number of hydrogen-bond acceptors (Lipinski definition) is 4. The Labute approximate surface area is 114 Å². The number of methoxy groups -OCH3 is 1. The predicted octanol–water partition coefficient (Wildman–Crippen LogP) is 1.96. The highest BCUT2D eigenvalue weighted by Crippen LogP contribution is 2.28. The third kappa shape index (κ3) is 4.69. The van der Waals surface area contributed by atoms with Crippen LogP contribution in [0.1, 0.15) is 27.2 Å². The molecular weight excluding hydrogens is 244 g/mol. The van der Waals surface area contributed by atoms with Crippen molar-refractivity contribution in [2.24, 2.45) is 0 Å². The van der Waals surface area contributed by atoms with Crippen LogP contribution in [0.2, 0.25) is 0 Å². The molecule has 0 aliphatic carbocycles.